The molecule has 2 aromatic carbocycles. The van der Waals surface area contributed by atoms with Crippen molar-refractivity contribution < 1.29 is 4.79 Å². The molecule has 0 saturated heterocycles. The molecule has 5 nitrogen and oxygen atoms in total. The Morgan fingerprint density at radius 2 is 1.89 bits per heavy atom. The van der Waals surface area contributed by atoms with Crippen LogP contribution in [0.5, 0.6) is 0 Å². The van der Waals surface area contributed by atoms with Gasteiger partial charge in [-0.05, 0) is 42.3 Å². The molecular weight excluding hydrogens is 368 g/mol. The molecule has 0 radical (unpaired) electrons. The molecule has 0 spiro atoms. The SMILES string of the molecule is Cc1cccc(-n2c(Cc3ccccc3)nnc2SCC(=O)c2ccc[nH]2)c1. The van der Waals surface area contributed by atoms with Crippen LogP contribution in [0.15, 0.2) is 78.1 Å². The Balaban J connectivity index is 1.65. The van der Waals surface area contributed by atoms with E-state index < -0.39 is 0 Å². The number of carbonyl (C=O) groups is 1. The van der Waals surface area contributed by atoms with Crippen molar-refractivity contribution >= 4 is 17.5 Å². The van der Waals surface area contributed by atoms with E-state index in [9.17, 15) is 4.79 Å². The Kier molecular flexibility index (Phi) is 5.39. The first kappa shape index (κ1) is 18.3. The molecule has 0 aliphatic heterocycles. The lowest BCUT2D eigenvalue weighted by atomic mass is 10.1. The van der Waals surface area contributed by atoms with E-state index in [-0.39, 0.29) is 5.78 Å². The summed E-state index contributed by atoms with van der Waals surface area (Å²) in [4.78, 5) is 15.3. The number of thioether (sulfide) groups is 1. The number of nitrogens with zero attached hydrogens (tertiary/aromatic N) is 3. The maximum absolute atomic E-state index is 12.4. The number of hydrogen-bond acceptors (Lipinski definition) is 4. The fourth-order valence-electron chi connectivity index (χ4n) is 3.02. The molecule has 0 amide bonds. The highest BCUT2D eigenvalue weighted by atomic mass is 32.2. The topological polar surface area (TPSA) is 63.6 Å². The smallest absolute Gasteiger partial charge is 0.196 e. The third kappa shape index (κ3) is 4.07. The van der Waals surface area contributed by atoms with Gasteiger partial charge in [-0.1, -0.05) is 54.2 Å². The van der Waals surface area contributed by atoms with E-state index in [0.717, 1.165) is 22.2 Å². The maximum Gasteiger partial charge on any atom is 0.196 e. The van der Waals surface area contributed by atoms with E-state index in [1.165, 1.54) is 17.3 Å². The van der Waals surface area contributed by atoms with Crippen LogP contribution in [0.1, 0.15) is 27.4 Å². The van der Waals surface area contributed by atoms with Gasteiger partial charge in [0.1, 0.15) is 5.82 Å². The molecule has 4 aromatic rings. The third-order valence-electron chi connectivity index (χ3n) is 4.40. The molecular formula is C22H20N4OS. The van der Waals surface area contributed by atoms with Crippen molar-refractivity contribution in [3.63, 3.8) is 0 Å². The van der Waals surface area contributed by atoms with Gasteiger partial charge in [-0.15, -0.1) is 10.2 Å². The Morgan fingerprint density at radius 1 is 1.04 bits per heavy atom. The summed E-state index contributed by atoms with van der Waals surface area (Å²) in [7, 11) is 0. The molecule has 0 unspecified atom stereocenters. The van der Waals surface area contributed by atoms with Crippen LogP contribution in [0.4, 0.5) is 0 Å². The van der Waals surface area contributed by atoms with Crippen molar-refractivity contribution in [2.45, 2.75) is 18.5 Å². The summed E-state index contributed by atoms with van der Waals surface area (Å²) >= 11 is 1.41. The minimum atomic E-state index is 0.0402. The van der Waals surface area contributed by atoms with Gasteiger partial charge < -0.3 is 4.98 Å². The van der Waals surface area contributed by atoms with Crippen LogP contribution < -0.4 is 0 Å². The Morgan fingerprint density at radius 3 is 2.64 bits per heavy atom. The lowest BCUT2D eigenvalue weighted by Gasteiger charge is -2.11. The average molecular weight is 388 g/mol. The molecule has 140 valence electrons. The van der Waals surface area contributed by atoms with Crippen molar-refractivity contribution in [2.75, 3.05) is 5.75 Å². The number of hydrogen-bond donors (Lipinski definition) is 1. The van der Waals surface area contributed by atoms with Gasteiger partial charge >= 0.3 is 0 Å². The molecule has 6 heteroatoms. The molecule has 1 N–H and O–H groups in total. The Bertz CT molecular complexity index is 1070. The third-order valence-corrected chi connectivity index (χ3v) is 5.32. The van der Waals surface area contributed by atoms with Gasteiger partial charge in [0.05, 0.1) is 11.4 Å². The Hall–Kier alpha value is -3.12. The van der Waals surface area contributed by atoms with Gasteiger partial charge in [0.15, 0.2) is 10.9 Å². The number of rotatable bonds is 7. The molecule has 0 bridgehead atoms. The molecule has 4 rings (SSSR count). The number of H-pyrrole nitrogens is 1. The number of nitrogens with one attached hydrogen (secondary N) is 1. The largest absolute Gasteiger partial charge is 0.359 e. The van der Waals surface area contributed by atoms with Crippen molar-refractivity contribution in [1.82, 2.24) is 19.7 Å². The first-order valence-corrected chi connectivity index (χ1v) is 10.0. The van der Waals surface area contributed by atoms with E-state index >= 15 is 0 Å². The van der Waals surface area contributed by atoms with Crippen LogP contribution in [0.3, 0.4) is 0 Å². The predicted molar refractivity (Wildman–Crippen MR) is 111 cm³/mol. The molecule has 0 fully saturated rings. The van der Waals surface area contributed by atoms with Crippen molar-refractivity contribution in [3.8, 4) is 5.69 Å². The van der Waals surface area contributed by atoms with Gasteiger partial charge in [-0.25, -0.2) is 0 Å². The summed E-state index contributed by atoms with van der Waals surface area (Å²) in [6.07, 6.45) is 2.43. The van der Waals surface area contributed by atoms with E-state index in [4.69, 9.17) is 0 Å². The molecule has 2 aromatic heterocycles. The average Bonchev–Trinajstić information content (AvgIpc) is 3.37. The zero-order chi connectivity index (χ0) is 19.3. The molecule has 0 atom stereocenters. The van der Waals surface area contributed by atoms with Gasteiger partial charge in [-0.3, -0.25) is 9.36 Å². The lowest BCUT2D eigenvalue weighted by molar-refractivity contribution is 0.101. The predicted octanol–water partition coefficient (Wildman–Crippen LogP) is 4.47. The van der Waals surface area contributed by atoms with E-state index in [1.807, 2.05) is 41.0 Å². The summed E-state index contributed by atoms with van der Waals surface area (Å²) in [5.41, 5.74) is 3.95. The highest BCUT2D eigenvalue weighted by molar-refractivity contribution is 7.99. The first-order valence-electron chi connectivity index (χ1n) is 9.05. The summed E-state index contributed by atoms with van der Waals surface area (Å²) in [6, 6.07) is 22.1. The maximum atomic E-state index is 12.4. The normalized spacial score (nSPS) is 10.9. The summed E-state index contributed by atoms with van der Waals surface area (Å²) in [5, 5.41) is 9.54. The number of aryl methyl sites for hydroxylation is 1. The van der Waals surface area contributed by atoms with Crippen molar-refractivity contribution in [3.05, 3.63) is 95.6 Å². The van der Waals surface area contributed by atoms with Crippen LogP contribution in [0.25, 0.3) is 5.69 Å². The van der Waals surface area contributed by atoms with E-state index in [0.29, 0.717) is 17.9 Å². The monoisotopic (exact) mass is 388 g/mol. The van der Waals surface area contributed by atoms with Crippen LogP contribution in [-0.4, -0.2) is 31.3 Å². The molecule has 0 aliphatic rings. The summed E-state index contributed by atoms with van der Waals surface area (Å²) in [5.74, 6) is 1.19. The summed E-state index contributed by atoms with van der Waals surface area (Å²) < 4.78 is 2.05. The molecule has 0 aliphatic carbocycles. The number of aromatic amines is 1. The highest BCUT2D eigenvalue weighted by Gasteiger charge is 2.17. The standard InChI is InChI=1S/C22H20N4OS/c1-16-7-5-10-18(13-16)26-21(14-17-8-3-2-4-9-17)24-25-22(26)28-15-20(27)19-11-6-12-23-19/h2-13,23H,14-15H2,1H3. The fourth-order valence-corrected chi connectivity index (χ4v) is 3.88. The van der Waals surface area contributed by atoms with Crippen molar-refractivity contribution in [2.24, 2.45) is 0 Å². The second kappa shape index (κ2) is 8.27. The van der Waals surface area contributed by atoms with Crippen LogP contribution in [-0.2, 0) is 6.42 Å². The van der Waals surface area contributed by atoms with Gasteiger partial charge in [0.2, 0.25) is 0 Å². The first-order chi connectivity index (χ1) is 13.7. The van der Waals surface area contributed by atoms with Gasteiger partial charge in [0, 0.05) is 18.3 Å². The van der Waals surface area contributed by atoms with Gasteiger partial charge in [0.25, 0.3) is 0 Å². The Labute approximate surface area is 167 Å². The second-order valence-corrected chi connectivity index (χ2v) is 7.47. The zero-order valence-electron chi connectivity index (χ0n) is 15.5. The summed E-state index contributed by atoms with van der Waals surface area (Å²) in [6.45, 7) is 2.06. The number of Topliss-reactive ketones (excluding diaryl/α,β-unsaturated/α-hetero) is 1. The fraction of sp³-hybridized carbons (Fsp3) is 0.136. The number of ketones is 1. The molecule has 28 heavy (non-hydrogen) atoms. The van der Waals surface area contributed by atoms with Crippen LogP contribution in [0.2, 0.25) is 0 Å². The number of aromatic nitrogens is 4. The van der Waals surface area contributed by atoms with Crippen LogP contribution >= 0.6 is 11.8 Å². The number of carbonyl (C=O) groups excluding carboxylic acids is 1. The van der Waals surface area contributed by atoms with E-state index in [1.54, 1.807) is 12.3 Å². The highest BCUT2D eigenvalue weighted by Crippen LogP contribution is 2.24. The van der Waals surface area contributed by atoms with Crippen molar-refractivity contribution in [1.29, 1.82) is 0 Å². The zero-order valence-corrected chi connectivity index (χ0v) is 16.3. The van der Waals surface area contributed by atoms with Gasteiger partial charge in [-0.2, -0.15) is 0 Å². The lowest BCUT2D eigenvalue weighted by Crippen LogP contribution is -2.07. The second-order valence-electron chi connectivity index (χ2n) is 6.53. The number of benzene rings is 2. The van der Waals surface area contributed by atoms with Crippen LogP contribution in [0, 0.1) is 6.92 Å². The van der Waals surface area contributed by atoms with E-state index in [2.05, 4.69) is 46.4 Å². The minimum Gasteiger partial charge on any atom is -0.359 e. The molecule has 0 saturated carbocycles. The minimum absolute atomic E-state index is 0.0402. The molecule has 2 heterocycles. The quantitative estimate of drug-likeness (QED) is 0.375.